The number of amides is 1. The monoisotopic (exact) mass is 377 g/mol. The average molecular weight is 378 g/mol. The summed E-state index contributed by atoms with van der Waals surface area (Å²) in [4.78, 5) is 11.9. The zero-order valence-corrected chi connectivity index (χ0v) is 14.3. The molecule has 2 aromatic rings. The van der Waals surface area contributed by atoms with Crippen LogP contribution in [0.4, 0.5) is 5.69 Å². The van der Waals surface area contributed by atoms with Gasteiger partial charge in [-0.3, -0.25) is 4.79 Å². The molecule has 1 amide bonds. The summed E-state index contributed by atoms with van der Waals surface area (Å²) < 4.78 is 11.2. The van der Waals surface area contributed by atoms with E-state index in [1.807, 2.05) is 6.07 Å². The number of phenolic OH excluding ortho intramolecular Hbond substituents is 1. The van der Waals surface area contributed by atoms with Crippen LogP contribution >= 0.6 is 15.9 Å². The lowest BCUT2D eigenvalue weighted by Crippen LogP contribution is -2.07. The van der Waals surface area contributed by atoms with E-state index in [1.54, 1.807) is 38.5 Å². The van der Waals surface area contributed by atoms with E-state index in [0.717, 1.165) is 10.0 Å². The van der Waals surface area contributed by atoms with Gasteiger partial charge in [0.2, 0.25) is 5.91 Å². The van der Waals surface area contributed by atoms with Crippen molar-refractivity contribution in [1.29, 1.82) is 0 Å². The molecule has 0 bridgehead atoms. The van der Waals surface area contributed by atoms with E-state index in [1.165, 1.54) is 18.2 Å². The van der Waals surface area contributed by atoms with Crippen LogP contribution in [-0.4, -0.2) is 25.2 Å². The third-order valence-corrected chi connectivity index (χ3v) is 3.61. The maximum Gasteiger partial charge on any atom is 0.248 e. The fourth-order valence-corrected chi connectivity index (χ4v) is 2.56. The first kappa shape index (κ1) is 16.9. The molecule has 5 nitrogen and oxygen atoms in total. The van der Waals surface area contributed by atoms with Gasteiger partial charge in [-0.25, -0.2) is 0 Å². The Kier molecular flexibility index (Phi) is 5.65. The van der Waals surface area contributed by atoms with Gasteiger partial charge in [-0.1, -0.05) is 0 Å². The van der Waals surface area contributed by atoms with Gasteiger partial charge >= 0.3 is 0 Å². The molecule has 0 heterocycles. The molecule has 23 heavy (non-hydrogen) atoms. The van der Waals surface area contributed by atoms with Gasteiger partial charge < -0.3 is 19.9 Å². The van der Waals surface area contributed by atoms with Gasteiger partial charge in [0, 0.05) is 11.8 Å². The Labute approximate surface area is 142 Å². The highest BCUT2D eigenvalue weighted by atomic mass is 79.9. The number of hydrogen-bond donors (Lipinski definition) is 2. The number of aromatic hydroxyl groups is 1. The summed E-state index contributed by atoms with van der Waals surface area (Å²) in [5, 5.41) is 11.9. The average Bonchev–Trinajstić information content (AvgIpc) is 2.54. The zero-order valence-electron chi connectivity index (χ0n) is 12.7. The van der Waals surface area contributed by atoms with Crippen LogP contribution in [0, 0.1) is 0 Å². The highest BCUT2D eigenvalue weighted by Crippen LogP contribution is 2.36. The van der Waals surface area contributed by atoms with Crippen LogP contribution in [0.5, 0.6) is 17.2 Å². The van der Waals surface area contributed by atoms with Crippen molar-refractivity contribution in [2.75, 3.05) is 19.5 Å². The molecule has 0 aliphatic heterocycles. The van der Waals surface area contributed by atoms with E-state index in [0.29, 0.717) is 17.2 Å². The molecule has 120 valence electrons. The molecule has 0 spiro atoms. The molecule has 0 fully saturated rings. The highest BCUT2D eigenvalue weighted by Gasteiger charge is 2.09. The first-order valence-electron chi connectivity index (χ1n) is 6.73. The second-order valence-corrected chi connectivity index (χ2v) is 5.46. The van der Waals surface area contributed by atoms with Crippen LogP contribution in [0.1, 0.15) is 5.56 Å². The van der Waals surface area contributed by atoms with Crippen molar-refractivity contribution in [3.63, 3.8) is 0 Å². The third kappa shape index (κ3) is 4.50. The van der Waals surface area contributed by atoms with E-state index in [2.05, 4.69) is 21.2 Å². The number of methoxy groups -OCH3 is 2. The van der Waals surface area contributed by atoms with E-state index in [4.69, 9.17) is 9.47 Å². The quantitative estimate of drug-likeness (QED) is 0.613. The van der Waals surface area contributed by atoms with Gasteiger partial charge in [-0.2, -0.15) is 0 Å². The number of rotatable bonds is 5. The summed E-state index contributed by atoms with van der Waals surface area (Å²) in [6.45, 7) is 0. The summed E-state index contributed by atoms with van der Waals surface area (Å²) in [6.07, 6.45) is 3.09. The minimum Gasteiger partial charge on any atom is -0.508 e. The molecule has 0 radical (unpaired) electrons. The molecule has 2 aromatic carbocycles. The van der Waals surface area contributed by atoms with Crippen LogP contribution in [0.15, 0.2) is 46.9 Å². The van der Waals surface area contributed by atoms with Crippen LogP contribution in [0.2, 0.25) is 0 Å². The number of ether oxygens (including phenoxy) is 2. The van der Waals surface area contributed by atoms with Gasteiger partial charge in [-0.05, 0) is 64.0 Å². The molecular formula is C17H16BrNO4. The van der Waals surface area contributed by atoms with Gasteiger partial charge in [-0.15, -0.1) is 0 Å². The van der Waals surface area contributed by atoms with Crippen molar-refractivity contribution in [3.8, 4) is 17.2 Å². The van der Waals surface area contributed by atoms with Crippen molar-refractivity contribution in [2.45, 2.75) is 0 Å². The van der Waals surface area contributed by atoms with Gasteiger partial charge in [0.1, 0.15) is 5.75 Å². The Morgan fingerprint density at radius 2 is 1.87 bits per heavy atom. The zero-order chi connectivity index (χ0) is 16.8. The third-order valence-electron chi connectivity index (χ3n) is 3.02. The molecule has 2 N–H and O–H groups in total. The minimum absolute atomic E-state index is 0.147. The SMILES string of the molecule is COc1cc(/C=C/C(=O)Nc2ccc(O)cc2)cc(Br)c1OC. The predicted molar refractivity (Wildman–Crippen MR) is 93.0 cm³/mol. The Morgan fingerprint density at radius 1 is 1.17 bits per heavy atom. The van der Waals surface area contributed by atoms with Crippen LogP contribution in [0.25, 0.3) is 6.08 Å². The largest absolute Gasteiger partial charge is 0.508 e. The Hall–Kier alpha value is -2.47. The number of halogens is 1. The standard InChI is InChI=1S/C17H16BrNO4/c1-22-15-10-11(9-14(18)17(15)23-2)3-8-16(21)19-12-4-6-13(20)7-5-12/h3-10,20H,1-2H3,(H,19,21)/b8-3+. The Bertz CT molecular complexity index is 726. The van der Waals surface area contributed by atoms with Gasteiger partial charge in [0.05, 0.1) is 18.7 Å². The van der Waals surface area contributed by atoms with Crippen LogP contribution in [0.3, 0.4) is 0 Å². The molecule has 0 saturated heterocycles. The summed E-state index contributed by atoms with van der Waals surface area (Å²) in [5.74, 6) is 1.04. The summed E-state index contributed by atoms with van der Waals surface area (Å²) in [6, 6.07) is 9.84. The number of anilines is 1. The molecule has 0 aliphatic rings. The lowest BCUT2D eigenvalue weighted by atomic mass is 10.2. The number of nitrogens with one attached hydrogen (secondary N) is 1. The molecule has 6 heteroatoms. The summed E-state index contributed by atoms with van der Waals surface area (Å²) in [7, 11) is 3.11. The topological polar surface area (TPSA) is 67.8 Å². The number of phenols is 1. The van der Waals surface area contributed by atoms with Crippen molar-refractivity contribution < 1.29 is 19.4 Å². The maximum absolute atomic E-state index is 11.9. The smallest absolute Gasteiger partial charge is 0.248 e. The second kappa shape index (κ2) is 7.69. The van der Waals surface area contributed by atoms with Gasteiger partial charge in [0.25, 0.3) is 0 Å². The first-order chi connectivity index (χ1) is 11.0. The predicted octanol–water partition coefficient (Wildman–Crippen LogP) is 3.82. The Morgan fingerprint density at radius 3 is 2.48 bits per heavy atom. The molecule has 0 atom stereocenters. The second-order valence-electron chi connectivity index (χ2n) is 4.61. The lowest BCUT2D eigenvalue weighted by molar-refractivity contribution is -0.111. The summed E-state index contributed by atoms with van der Waals surface area (Å²) >= 11 is 3.40. The van der Waals surface area contributed by atoms with Crippen molar-refractivity contribution in [3.05, 3.63) is 52.5 Å². The Balaban J connectivity index is 2.11. The number of carbonyl (C=O) groups excluding carboxylic acids is 1. The van der Waals surface area contributed by atoms with Crippen molar-refractivity contribution >= 4 is 33.6 Å². The van der Waals surface area contributed by atoms with Crippen LogP contribution in [-0.2, 0) is 4.79 Å². The molecule has 0 saturated carbocycles. The normalized spacial score (nSPS) is 10.6. The van der Waals surface area contributed by atoms with E-state index in [-0.39, 0.29) is 11.7 Å². The van der Waals surface area contributed by atoms with Crippen molar-refractivity contribution in [1.82, 2.24) is 0 Å². The molecule has 0 aliphatic carbocycles. The van der Waals surface area contributed by atoms with Crippen LogP contribution < -0.4 is 14.8 Å². The highest BCUT2D eigenvalue weighted by molar-refractivity contribution is 9.10. The number of benzene rings is 2. The molecule has 2 rings (SSSR count). The summed E-state index contributed by atoms with van der Waals surface area (Å²) in [5.41, 5.74) is 1.39. The molecular weight excluding hydrogens is 362 g/mol. The maximum atomic E-state index is 11.9. The fourth-order valence-electron chi connectivity index (χ4n) is 1.93. The lowest BCUT2D eigenvalue weighted by Gasteiger charge is -2.10. The van der Waals surface area contributed by atoms with Gasteiger partial charge in [0.15, 0.2) is 11.5 Å². The molecule has 0 aromatic heterocycles. The van der Waals surface area contributed by atoms with E-state index >= 15 is 0 Å². The number of carbonyl (C=O) groups is 1. The minimum atomic E-state index is -0.276. The number of hydrogen-bond acceptors (Lipinski definition) is 4. The fraction of sp³-hybridized carbons (Fsp3) is 0.118. The van der Waals surface area contributed by atoms with E-state index < -0.39 is 0 Å². The van der Waals surface area contributed by atoms with E-state index in [9.17, 15) is 9.90 Å². The van der Waals surface area contributed by atoms with Crippen molar-refractivity contribution in [2.24, 2.45) is 0 Å². The first-order valence-corrected chi connectivity index (χ1v) is 7.52. The molecule has 0 unspecified atom stereocenters.